The van der Waals surface area contributed by atoms with Crippen molar-refractivity contribution in [1.29, 1.82) is 5.26 Å². The first-order valence-electron chi connectivity index (χ1n) is 11.3. The van der Waals surface area contributed by atoms with Gasteiger partial charge in [-0.15, -0.1) is 0 Å². The number of nitriles is 1. The maximum absolute atomic E-state index is 13.9. The Balaban J connectivity index is 1.50. The maximum Gasteiger partial charge on any atom is 0.159 e. The molecule has 0 spiro atoms. The quantitative estimate of drug-likeness (QED) is 0.406. The molecule has 0 saturated heterocycles. The van der Waals surface area contributed by atoms with Crippen LogP contribution in [0.1, 0.15) is 94.6 Å². The summed E-state index contributed by atoms with van der Waals surface area (Å²) in [6.07, 6.45) is 17.9. The Morgan fingerprint density at radius 1 is 0.933 bits per heavy atom. The molecule has 30 heavy (non-hydrogen) atoms. The molecule has 160 valence electrons. The van der Waals surface area contributed by atoms with E-state index in [1.165, 1.54) is 63.9 Å². The smallest absolute Gasteiger partial charge is 0.159 e. The normalized spacial score (nSPS) is 18.9. The molecule has 1 aliphatic rings. The Kier molecular flexibility index (Phi) is 8.30. The van der Waals surface area contributed by atoms with Gasteiger partial charge in [0.25, 0.3) is 0 Å². The number of aromatic nitrogens is 2. The molecule has 0 radical (unpaired) electrons. The lowest BCUT2D eigenvalue weighted by molar-refractivity contribution is 0.301. The van der Waals surface area contributed by atoms with Crippen LogP contribution in [0.4, 0.5) is 8.78 Å². The minimum atomic E-state index is -0.885. The second kappa shape index (κ2) is 11.2. The lowest BCUT2D eigenvalue weighted by Crippen LogP contribution is -2.14. The van der Waals surface area contributed by atoms with E-state index < -0.39 is 17.2 Å². The summed E-state index contributed by atoms with van der Waals surface area (Å²) in [6, 6.07) is 3.76. The van der Waals surface area contributed by atoms with Crippen molar-refractivity contribution < 1.29 is 8.78 Å². The molecule has 1 aliphatic carbocycles. The van der Waals surface area contributed by atoms with Crippen LogP contribution in [0, 0.1) is 28.9 Å². The SMILES string of the molecule is CCCCCCCCC1CCC(c2cnc(-c3cc(F)c(C#N)c(F)c3)nc2)CC1. The topological polar surface area (TPSA) is 49.6 Å². The Hall–Kier alpha value is -2.35. The summed E-state index contributed by atoms with van der Waals surface area (Å²) in [7, 11) is 0. The number of hydrogen-bond acceptors (Lipinski definition) is 3. The molecule has 1 aromatic carbocycles. The number of rotatable bonds is 9. The third-order valence-corrected chi connectivity index (χ3v) is 6.37. The molecule has 2 aromatic rings. The fourth-order valence-electron chi connectivity index (χ4n) is 4.50. The van der Waals surface area contributed by atoms with Crippen molar-refractivity contribution in [1.82, 2.24) is 9.97 Å². The zero-order valence-electron chi connectivity index (χ0n) is 17.8. The molecule has 0 unspecified atom stereocenters. The lowest BCUT2D eigenvalue weighted by atomic mass is 9.77. The largest absolute Gasteiger partial charge is 0.236 e. The second-order valence-electron chi connectivity index (χ2n) is 8.54. The highest BCUT2D eigenvalue weighted by molar-refractivity contribution is 5.57. The molecule has 1 heterocycles. The fourth-order valence-corrected chi connectivity index (χ4v) is 4.50. The van der Waals surface area contributed by atoms with Gasteiger partial charge in [-0.05, 0) is 55.2 Å². The summed E-state index contributed by atoms with van der Waals surface area (Å²) in [6.45, 7) is 2.25. The predicted molar refractivity (Wildman–Crippen MR) is 115 cm³/mol. The Labute approximate surface area is 178 Å². The highest BCUT2D eigenvalue weighted by Crippen LogP contribution is 2.37. The molecule has 0 atom stereocenters. The van der Waals surface area contributed by atoms with Gasteiger partial charge in [0, 0.05) is 18.0 Å². The summed E-state index contributed by atoms with van der Waals surface area (Å²) in [4.78, 5) is 8.68. The van der Waals surface area contributed by atoms with Gasteiger partial charge in [0.05, 0.1) is 0 Å². The van der Waals surface area contributed by atoms with Gasteiger partial charge in [-0.1, -0.05) is 51.9 Å². The third-order valence-electron chi connectivity index (χ3n) is 6.37. The van der Waals surface area contributed by atoms with Crippen LogP contribution in [0.25, 0.3) is 11.4 Å². The summed E-state index contributed by atoms with van der Waals surface area (Å²) < 4.78 is 27.7. The van der Waals surface area contributed by atoms with Crippen molar-refractivity contribution in [3.63, 3.8) is 0 Å². The van der Waals surface area contributed by atoms with Crippen molar-refractivity contribution in [2.24, 2.45) is 5.92 Å². The van der Waals surface area contributed by atoms with E-state index in [2.05, 4.69) is 16.9 Å². The first-order valence-corrected chi connectivity index (χ1v) is 11.3. The second-order valence-corrected chi connectivity index (χ2v) is 8.54. The van der Waals surface area contributed by atoms with Crippen LogP contribution < -0.4 is 0 Å². The molecule has 0 aliphatic heterocycles. The van der Waals surface area contributed by atoms with E-state index in [9.17, 15) is 8.78 Å². The first-order chi connectivity index (χ1) is 14.6. The van der Waals surface area contributed by atoms with Gasteiger partial charge in [-0.25, -0.2) is 18.7 Å². The molecule has 1 fully saturated rings. The summed E-state index contributed by atoms with van der Waals surface area (Å²) in [5.74, 6) is -0.183. The van der Waals surface area contributed by atoms with Crippen LogP contribution in [0.15, 0.2) is 24.5 Å². The predicted octanol–water partition coefficient (Wildman–Crippen LogP) is 7.32. The minimum absolute atomic E-state index is 0.248. The van der Waals surface area contributed by atoms with Crippen molar-refractivity contribution in [2.45, 2.75) is 83.5 Å². The standard InChI is InChI=1S/C25H31F2N3/c1-2-3-4-5-6-7-8-18-9-11-19(12-10-18)21-16-29-25(30-17-21)20-13-23(26)22(15-28)24(27)14-20/h13-14,16-19H,2-12H2,1H3. The van der Waals surface area contributed by atoms with Crippen LogP contribution >= 0.6 is 0 Å². The minimum Gasteiger partial charge on any atom is -0.236 e. The molecule has 3 rings (SSSR count). The lowest BCUT2D eigenvalue weighted by Gasteiger charge is -2.28. The average Bonchev–Trinajstić information content (AvgIpc) is 2.76. The van der Waals surface area contributed by atoms with Crippen LogP contribution in [0.2, 0.25) is 0 Å². The van der Waals surface area contributed by atoms with Crippen molar-refractivity contribution in [3.8, 4) is 17.5 Å². The number of unbranched alkanes of at least 4 members (excludes halogenated alkanes) is 5. The van der Waals surface area contributed by atoms with Gasteiger partial charge in [0.15, 0.2) is 5.82 Å². The number of nitrogens with zero attached hydrogens (tertiary/aromatic N) is 3. The molecule has 3 nitrogen and oxygen atoms in total. The zero-order valence-corrected chi connectivity index (χ0v) is 17.8. The molecular weight excluding hydrogens is 380 g/mol. The molecule has 0 amide bonds. The molecule has 0 N–H and O–H groups in total. The van der Waals surface area contributed by atoms with E-state index >= 15 is 0 Å². The summed E-state index contributed by atoms with van der Waals surface area (Å²) >= 11 is 0. The van der Waals surface area contributed by atoms with Crippen LogP contribution in [0.3, 0.4) is 0 Å². The molecule has 5 heteroatoms. The highest BCUT2D eigenvalue weighted by atomic mass is 19.1. The van der Waals surface area contributed by atoms with Gasteiger partial charge < -0.3 is 0 Å². The van der Waals surface area contributed by atoms with E-state index in [-0.39, 0.29) is 11.4 Å². The molecular formula is C25H31F2N3. The molecule has 1 saturated carbocycles. The van der Waals surface area contributed by atoms with Gasteiger partial charge in [0.1, 0.15) is 23.3 Å². The Morgan fingerprint density at radius 2 is 1.53 bits per heavy atom. The van der Waals surface area contributed by atoms with E-state index in [4.69, 9.17) is 5.26 Å². The van der Waals surface area contributed by atoms with E-state index in [1.54, 1.807) is 12.4 Å². The molecule has 0 bridgehead atoms. The fraction of sp³-hybridized carbons (Fsp3) is 0.560. The first kappa shape index (κ1) is 22.3. The van der Waals surface area contributed by atoms with Crippen LogP contribution in [-0.2, 0) is 0 Å². The highest BCUT2D eigenvalue weighted by Gasteiger charge is 2.23. The monoisotopic (exact) mass is 411 g/mol. The third kappa shape index (κ3) is 5.84. The number of benzene rings is 1. The van der Waals surface area contributed by atoms with Crippen molar-refractivity contribution in [3.05, 3.63) is 47.3 Å². The summed E-state index contributed by atoms with van der Waals surface area (Å²) in [5, 5.41) is 8.79. The van der Waals surface area contributed by atoms with E-state index in [0.717, 1.165) is 36.5 Å². The van der Waals surface area contributed by atoms with Crippen LogP contribution in [0.5, 0.6) is 0 Å². The maximum atomic E-state index is 13.9. The number of halogens is 2. The number of hydrogen-bond donors (Lipinski definition) is 0. The Morgan fingerprint density at radius 3 is 2.13 bits per heavy atom. The van der Waals surface area contributed by atoms with Gasteiger partial charge >= 0.3 is 0 Å². The van der Waals surface area contributed by atoms with E-state index in [1.807, 2.05) is 0 Å². The average molecular weight is 412 g/mol. The Bertz CT molecular complexity index is 827. The van der Waals surface area contributed by atoms with Gasteiger partial charge in [-0.2, -0.15) is 5.26 Å². The molecule has 1 aromatic heterocycles. The van der Waals surface area contributed by atoms with E-state index in [0.29, 0.717) is 5.92 Å². The van der Waals surface area contributed by atoms with Gasteiger partial charge in [0.2, 0.25) is 0 Å². The van der Waals surface area contributed by atoms with Crippen molar-refractivity contribution in [2.75, 3.05) is 0 Å². The van der Waals surface area contributed by atoms with Crippen LogP contribution in [-0.4, -0.2) is 9.97 Å². The zero-order chi connectivity index (χ0) is 21.3. The summed E-state index contributed by atoms with van der Waals surface area (Å²) in [5.41, 5.74) is 0.776. The van der Waals surface area contributed by atoms with Crippen molar-refractivity contribution >= 4 is 0 Å². The van der Waals surface area contributed by atoms with Gasteiger partial charge in [-0.3, -0.25) is 0 Å².